The summed E-state index contributed by atoms with van der Waals surface area (Å²) in [6, 6.07) is 11.6. The molecule has 4 rings (SSSR count). The molecular formula is C18H18N4O2. The Balaban J connectivity index is 1.88. The van der Waals surface area contributed by atoms with Crippen molar-refractivity contribution in [1.82, 2.24) is 9.38 Å². The fourth-order valence-corrected chi connectivity index (χ4v) is 3.13. The summed E-state index contributed by atoms with van der Waals surface area (Å²) in [4.78, 5) is 18.5. The maximum Gasteiger partial charge on any atom is 0.267 e. The van der Waals surface area contributed by atoms with E-state index in [2.05, 4.69) is 0 Å². The van der Waals surface area contributed by atoms with Crippen LogP contribution in [-0.2, 0) is 11.3 Å². The van der Waals surface area contributed by atoms with Crippen LogP contribution < -0.4 is 15.4 Å². The first-order chi connectivity index (χ1) is 11.6. The lowest BCUT2D eigenvalue weighted by molar-refractivity contribution is -0.125. The Bertz CT molecular complexity index is 947. The number of imidazole rings is 1. The molecule has 1 unspecified atom stereocenters. The number of likely N-dealkylation sites (N-methyl/N-ethyl adjacent to an activating group) is 1. The minimum Gasteiger partial charge on any atom is -0.479 e. The van der Waals surface area contributed by atoms with Crippen LogP contribution in [0.1, 0.15) is 12.6 Å². The van der Waals surface area contributed by atoms with E-state index in [0.29, 0.717) is 12.3 Å². The van der Waals surface area contributed by atoms with Gasteiger partial charge in [-0.3, -0.25) is 4.79 Å². The fourth-order valence-electron chi connectivity index (χ4n) is 3.13. The van der Waals surface area contributed by atoms with Crippen molar-refractivity contribution in [1.29, 1.82) is 0 Å². The standard InChI is InChI=1S/C18H18N4O2/c1-11-18(23)21(2)13-9-12(6-7-15(13)24-11)17-14(10-19)22-8-4-3-5-16(22)20-17/h3-9,11H,10,19H2,1-2H3. The molecule has 1 aromatic carbocycles. The molecule has 1 amide bonds. The highest BCUT2D eigenvalue weighted by Crippen LogP contribution is 2.37. The second-order valence-corrected chi connectivity index (χ2v) is 5.88. The van der Waals surface area contributed by atoms with Crippen molar-refractivity contribution in [3.8, 4) is 17.0 Å². The molecule has 24 heavy (non-hydrogen) atoms. The van der Waals surface area contributed by atoms with Crippen LogP contribution in [-0.4, -0.2) is 28.4 Å². The Morgan fingerprint density at radius 1 is 1.29 bits per heavy atom. The Morgan fingerprint density at radius 3 is 2.92 bits per heavy atom. The number of nitrogens with two attached hydrogens (primary N) is 1. The fraction of sp³-hybridized carbons (Fsp3) is 0.222. The van der Waals surface area contributed by atoms with Gasteiger partial charge < -0.3 is 19.8 Å². The molecule has 0 aliphatic carbocycles. The Labute approximate surface area is 139 Å². The van der Waals surface area contributed by atoms with Crippen LogP contribution in [0.15, 0.2) is 42.6 Å². The summed E-state index contributed by atoms with van der Waals surface area (Å²) in [5.74, 6) is 0.639. The zero-order valence-electron chi connectivity index (χ0n) is 13.6. The van der Waals surface area contributed by atoms with Crippen LogP contribution in [0, 0.1) is 0 Å². The van der Waals surface area contributed by atoms with Crippen LogP contribution in [0.5, 0.6) is 5.75 Å². The van der Waals surface area contributed by atoms with E-state index >= 15 is 0 Å². The third-order valence-electron chi connectivity index (χ3n) is 4.40. The molecule has 0 saturated heterocycles. The van der Waals surface area contributed by atoms with E-state index in [4.69, 9.17) is 15.5 Å². The number of anilines is 1. The van der Waals surface area contributed by atoms with Gasteiger partial charge in [0.25, 0.3) is 5.91 Å². The molecule has 2 aromatic heterocycles. The average molecular weight is 322 g/mol. The molecule has 1 atom stereocenters. The molecule has 122 valence electrons. The predicted molar refractivity (Wildman–Crippen MR) is 92.0 cm³/mol. The molecule has 0 fully saturated rings. The quantitative estimate of drug-likeness (QED) is 0.785. The zero-order valence-corrected chi connectivity index (χ0v) is 13.6. The molecule has 6 nitrogen and oxygen atoms in total. The molecule has 6 heteroatoms. The van der Waals surface area contributed by atoms with Gasteiger partial charge in [-0.1, -0.05) is 6.07 Å². The van der Waals surface area contributed by atoms with Gasteiger partial charge in [-0.25, -0.2) is 4.98 Å². The summed E-state index contributed by atoms with van der Waals surface area (Å²) in [5.41, 5.74) is 10.2. The van der Waals surface area contributed by atoms with Crippen molar-refractivity contribution in [3.63, 3.8) is 0 Å². The second kappa shape index (κ2) is 5.35. The number of pyridine rings is 1. The number of benzene rings is 1. The Morgan fingerprint density at radius 2 is 2.12 bits per heavy atom. The largest absolute Gasteiger partial charge is 0.479 e. The first-order valence-electron chi connectivity index (χ1n) is 7.85. The summed E-state index contributed by atoms with van der Waals surface area (Å²) < 4.78 is 7.67. The highest BCUT2D eigenvalue weighted by molar-refractivity contribution is 6.00. The molecule has 0 saturated carbocycles. The molecule has 2 N–H and O–H groups in total. The van der Waals surface area contributed by atoms with Crippen molar-refractivity contribution in [2.75, 3.05) is 11.9 Å². The average Bonchev–Trinajstić information content (AvgIpc) is 2.98. The van der Waals surface area contributed by atoms with Gasteiger partial charge in [0, 0.05) is 25.4 Å². The molecule has 3 heterocycles. The van der Waals surface area contributed by atoms with Gasteiger partial charge in [0.2, 0.25) is 0 Å². The van der Waals surface area contributed by atoms with E-state index in [1.54, 1.807) is 18.9 Å². The Hall–Kier alpha value is -2.86. The van der Waals surface area contributed by atoms with Crippen LogP contribution >= 0.6 is 0 Å². The Kier molecular flexibility index (Phi) is 3.28. The highest BCUT2D eigenvalue weighted by atomic mass is 16.5. The number of carbonyl (C=O) groups excluding carboxylic acids is 1. The second-order valence-electron chi connectivity index (χ2n) is 5.88. The normalized spacial score (nSPS) is 17.0. The van der Waals surface area contributed by atoms with Crippen molar-refractivity contribution < 1.29 is 9.53 Å². The summed E-state index contributed by atoms with van der Waals surface area (Å²) in [7, 11) is 1.76. The van der Waals surface area contributed by atoms with Crippen molar-refractivity contribution in [3.05, 3.63) is 48.3 Å². The summed E-state index contributed by atoms with van der Waals surface area (Å²) >= 11 is 0. The van der Waals surface area contributed by atoms with Gasteiger partial charge in [0.05, 0.1) is 17.1 Å². The van der Waals surface area contributed by atoms with Crippen LogP contribution in [0.2, 0.25) is 0 Å². The minimum absolute atomic E-state index is 0.0614. The maximum absolute atomic E-state index is 12.2. The van der Waals surface area contributed by atoms with E-state index in [9.17, 15) is 4.79 Å². The van der Waals surface area contributed by atoms with Gasteiger partial charge >= 0.3 is 0 Å². The van der Waals surface area contributed by atoms with Crippen LogP contribution in [0.25, 0.3) is 16.9 Å². The molecule has 1 aliphatic rings. The van der Waals surface area contributed by atoms with Crippen molar-refractivity contribution in [2.24, 2.45) is 5.73 Å². The number of fused-ring (bicyclic) bond motifs is 2. The molecule has 0 spiro atoms. The van der Waals surface area contributed by atoms with E-state index in [1.165, 1.54) is 0 Å². The first-order valence-corrected chi connectivity index (χ1v) is 7.85. The number of amides is 1. The van der Waals surface area contributed by atoms with Crippen molar-refractivity contribution >= 4 is 17.2 Å². The van der Waals surface area contributed by atoms with Gasteiger partial charge in [-0.05, 0) is 37.3 Å². The smallest absolute Gasteiger partial charge is 0.267 e. The summed E-state index contributed by atoms with van der Waals surface area (Å²) in [6.45, 7) is 2.13. The van der Waals surface area contributed by atoms with Crippen molar-refractivity contribution in [2.45, 2.75) is 19.6 Å². The van der Waals surface area contributed by atoms with E-state index in [0.717, 1.165) is 28.3 Å². The molecule has 3 aromatic rings. The SMILES string of the molecule is CC1Oc2ccc(-c3nc4ccccn4c3CN)cc2N(C)C1=O. The van der Waals surface area contributed by atoms with E-state index < -0.39 is 6.10 Å². The summed E-state index contributed by atoms with van der Waals surface area (Å²) in [6.07, 6.45) is 1.48. The number of ether oxygens (including phenoxy) is 1. The highest BCUT2D eigenvalue weighted by Gasteiger charge is 2.29. The number of rotatable bonds is 2. The van der Waals surface area contributed by atoms with Gasteiger partial charge in [-0.2, -0.15) is 0 Å². The van der Waals surface area contributed by atoms with Crippen LogP contribution in [0.3, 0.4) is 0 Å². The lowest BCUT2D eigenvalue weighted by Crippen LogP contribution is -2.41. The van der Waals surface area contributed by atoms with Gasteiger partial charge in [0.15, 0.2) is 6.10 Å². The number of nitrogens with zero attached hydrogens (tertiary/aromatic N) is 3. The zero-order chi connectivity index (χ0) is 16.8. The topological polar surface area (TPSA) is 72.9 Å². The minimum atomic E-state index is -0.469. The number of hydrogen-bond donors (Lipinski definition) is 1. The molecule has 0 radical (unpaired) electrons. The van der Waals surface area contributed by atoms with Crippen LogP contribution in [0.4, 0.5) is 5.69 Å². The van der Waals surface area contributed by atoms with E-state index in [-0.39, 0.29) is 5.91 Å². The molecule has 0 bridgehead atoms. The lowest BCUT2D eigenvalue weighted by Gasteiger charge is -2.30. The number of hydrogen-bond acceptors (Lipinski definition) is 4. The van der Waals surface area contributed by atoms with E-state index in [1.807, 2.05) is 47.0 Å². The predicted octanol–water partition coefficient (Wildman–Crippen LogP) is 2.20. The third kappa shape index (κ3) is 2.07. The lowest BCUT2D eigenvalue weighted by atomic mass is 10.1. The number of carbonyl (C=O) groups is 1. The third-order valence-corrected chi connectivity index (χ3v) is 4.40. The molecule has 1 aliphatic heterocycles. The van der Waals surface area contributed by atoms with Gasteiger partial charge in [0.1, 0.15) is 11.4 Å². The maximum atomic E-state index is 12.2. The molecular weight excluding hydrogens is 304 g/mol. The van der Waals surface area contributed by atoms with Gasteiger partial charge in [-0.15, -0.1) is 0 Å². The summed E-state index contributed by atoms with van der Waals surface area (Å²) in [5, 5.41) is 0. The monoisotopic (exact) mass is 322 g/mol. The number of aromatic nitrogens is 2. The first kappa shape index (κ1) is 14.7.